The zero-order chi connectivity index (χ0) is 25.2. The van der Waals surface area contributed by atoms with Crippen molar-refractivity contribution in [1.82, 2.24) is 29.2 Å². The molecule has 0 fully saturated rings. The number of rotatable bonds is 5. The number of ether oxygens (including phenoxy) is 1. The minimum atomic E-state index is -0.442. The second-order valence-electron chi connectivity index (χ2n) is 7.20. The van der Waals surface area contributed by atoms with Gasteiger partial charge in [-0.05, 0) is 52.6 Å². The molecule has 0 radical (unpaired) electrons. The maximum Gasteiger partial charge on any atom is 0.310 e. The van der Waals surface area contributed by atoms with Gasteiger partial charge < -0.3 is 21.9 Å². The molecule has 0 saturated heterocycles. The van der Waals surface area contributed by atoms with Crippen molar-refractivity contribution in [2.24, 2.45) is 5.73 Å². The summed E-state index contributed by atoms with van der Waals surface area (Å²) in [6.45, 7) is 5.71. The molecule has 1 amide bonds. The zero-order valence-corrected chi connectivity index (χ0v) is 21.8. The molecule has 0 unspecified atom stereocenters. The summed E-state index contributed by atoms with van der Waals surface area (Å²) < 4.78 is 9.42. The first-order valence-corrected chi connectivity index (χ1v) is 11.6. The van der Waals surface area contributed by atoms with Crippen LogP contribution in [0, 0.1) is 13.8 Å². The Morgan fingerprint density at radius 3 is 1.76 bits per heavy atom. The van der Waals surface area contributed by atoms with E-state index in [1.165, 1.54) is 9.03 Å². The molecule has 0 bridgehead atoms. The van der Waals surface area contributed by atoms with Crippen LogP contribution in [0.3, 0.4) is 0 Å². The topological polar surface area (TPSA) is 182 Å². The van der Waals surface area contributed by atoms with Crippen molar-refractivity contribution in [3.63, 3.8) is 0 Å². The average Bonchev–Trinajstić information content (AvgIpc) is 3.32. The lowest BCUT2D eigenvalue weighted by molar-refractivity contribution is -0.142. The van der Waals surface area contributed by atoms with Crippen LogP contribution in [0.1, 0.15) is 29.4 Å². The van der Waals surface area contributed by atoms with Crippen molar-refractivity contribution in [3.05, 3.63) is 43.9 Å². The van der Waals surface area contributed by atoms with E-state index in [4.69, 9.17) is 21.9 Å². The number of nitrogens with zero attached hydrogens (tertiary/aromatic N) is 6. The van der Waals surface area contributed by atoms with Crippen molar-refractivity contribution in [2.75, 3.05) is 18.1 Å². The van der Waals surface area contributed by atoms with Gasteiger partial charge in [0.15, 0.2) is 11.3 Å². The van der Waals surface area contributed by atoms with Gasteiger partial charge in [0.05, 0.1) is 40.8 Å². The molecule has 4 rings (SSSR count). The van der Waals surface area contributed by atoms with Crippen LogP contribution in [0.4, 0.5) is 11.6 Å². The van der Waals surface area contributed by atoms with Crippen LogP contribution in [-0.2, 0) is 27.2 Å². The largest absolute Gasteiger partial charge is 0.466 e. The molecule has 0 spiro atoms. The van der Waals surface area contributed by atoms with E-state index in [0.29, 0.717) is 52.1 Å². The Hall–Kier alpha value is -3.26. The quantitative estimate of drug-likeness (QED) is 0.290. The van der Waals surface area contributed by atoms with Crippen molar-refractivity contribution in [1.29, 1.82) is 0 Å². The van der Waals surface area contributed by atoms with Gasteiger partial charge in [-0.3, -0.25) is 9.59 Å². The maximum absolute atomic E-state index is 11.5. The Labute approximate surface area is 211 Å². The molecule has 0 aromatic carbocycles. The first-order chi connectivity index (χ1) is 16.0. The number of nitrogens with two attached hydrogens (primary N) is 3. The monoisotopic (exact) mass is 595 g/mol. The molecular weight excluding hydrogens is 574 g/mol. The Morgan fingerprint density at radius 2 is 1.35 bits per heavy atom. The number of aryl methyl sites for hydroxylation is 2. The molecule has 12 nitrogen and oxygen atoms in total. The highest BCUT2D eigenvalue weighted by molar-refractivity contribution is 9.11. The van der Waals surface area contributed by atoms with Gasteiger partial charge in [-0.15, -0.1) is 0 Å². The van der Waals surface area contributed by atoms with Crippen LogP contribution < -0.4 is 17.2 Å². The molecule has 4 aromatic heterocycles. The molecular formula is C20H23Br2N9O3. The van der Waals surface area contributed by atoms with Crippen LogP contribution in [0.2, 0.25) is 0 Å². The number of carbonyl (C=O) groups excluding carboxylic acids is 2. The van der Waals surface area contributed by atoms with Crippen LogP contribution in [0.25, 0.3) is 11.3 Å². The van der Waals surface area contributed by atoms with E-state index in [9.17, 15) is 9.59 Å². The van der Waals surface area contributed by atoms with Gasteiger partial charge in [-0.2, -0.15) is 19.2 Å². The summed E-state index contributed by atoms with van der Waals surface area (Å²) in [6.07, 6.45) is 3.39. The number of esters is 1. The predicted molar refractivity (Wildman–Crippen MR) is 133 cm³/mol. The number of amides is 1. The lowest BCUT2D eigenvalue weighted by Gasteiger charge is -2.10. The first kappa shape index (κ1) is 25.4. The van der Waals surface area contributed by atoms with Crippen LogP contribution in [-0.4, -0.2) is 47.7 Å². The van der Waals surface area contributed by atoms with E-state index in [2.05, 4.69) is 52.0 Å². The highest BCUT2D eigenvalue weighted by Gasteiger charge is 2.17. The third kappa shape index (κ3) is 5.12. The molecule has 180 valence electrons. The second kappa shape index (κ2) is 10.3. The van der Waals surface area contributed by atoms with E-state index >= 15 is 0 Å². The van der Waals surface area contributed by atoms with Crippen molar-refractivity contribution in [3.8, 4) is 0 Å². The molecule has 0 saturated carbocycles. The standard InChI is InChI=1S/C11H13BrN4O2.C9H10BrN5O/c1-3-18-9(17)4-7-6(2)15-11-8(12)5-14-16(11)10(7)13;1-4-5(2-7(11)16)8(12)15-9(14-4)6(10)3-13-15/h5H,3-4,13H2,1-2H3;3H,2,12H2,1H3,(H2,11,16). The number of anilines is 2. The van der Waals surface area contributed by atoms with Gasteiger partial charge in [-0.1, -0.05) is 0 Å². The fourth-order valence-corrected chi connectivity index (χ4v) is 3.94. The number of hydrogen-bond donors (Lipinski definition) is 3. The lowest BCUT2D eigenvalue weighted by atomic mass is 10.1. The van der Waals surface area contributed by atoms with Gasteiger partial charge in [0, 0.05) is 22.5 Å². The predicted octanol–water partition coefficient (Wildman–Crippen LogP) is 1.90. The molecule has 0 aliphatic rings. The van der Waals surface area contributed by atoms with Crippen LogP contribution in [0.15, 0.2) is 21.3 Å². The fraction of sp³-hybridized carbons (Fsp3) is 0.300. The third-order valence-corrected chi connectivity index (χ3v) is 5.99. The summed E-state index contributed by atoms with van der Waals surface area (Å²) in [5.41, 5.74) is 21.0. The van der Waals surface area contributed by atoms with Gasteiger partial charge >= 0.3 is 5.97 Å². The normalized spacial score (nSPS) is 10.9. The molecule has 14 heteroatoms. The number of fused-ring (bicyclic) bond motifs is 2. The second-order valence-corrected chi connectivity index (χ2v) is 8.91. The summed E-state index contributed by atoms with van der Waals surface area (Å²) in [6, 6.07) is 0. The minimum absolute atomic E-state index is 0.0675. The number of primary amides is 1. The Morgan fingerprint density at radius 1 is 0.912 bits per heavy atom. The van der Waals surface area contributed by atoms with Crippen molar-refractivity contribution < 1.29 is 14.3 Å². The highest BCUT2D eigenvalue weighted by Crippen LogP contribution is 2.24. The van der Waals surface area contributed by atoms with E-state index in [1.54, 1.807) is 26.2 Å². The third-order valence-electron chi connectivity index (χ3n) is 4.87. The number of hydrogen-bond acceptors (Lipinski definition) is 9. The Balaban J connectivity index is 0.000000192. The average molecular weight is 597 g/mol. The zero-order valence-electron chi connectivity index (χ0n) is 18.7. The molecule has 4 aromatic rings. The van der Waals surface area contributed by atoms with Gasteiger partial charge in [0.2, 0.25) is 5.91 Å². The molecule has 34 heavy (non-hydrogen) atoms. The smallest absolute Gasteiger partial charge is 0.310 e. The van der Waals surface area contributed by atoms with E-state index in [-0.39, 0.29) is 18.8 Å². The molecule has 0 aliphatic carbocycles. The van der Waals surface area contributed by atoms with Gasteiger partial charge in [0.25, 0.3) is 0 Å². The summed E-state index contributed by atoms with van der Waals surface area (Å²) >= 11 is 6.66. The van der Waals surface area contributed by atoms with Gasteiger partial charge in [-0.25, -0.2) is 9.97 Å². The van der Waals surface area contributed by atoms with Crippen LogP contribution in [0.5, 0.6) is 0 Å². The number of carbonyl (C=O) groups is 2. The van der Waals surface area contributed by atoms with Crippen molar-refractivity contribution in [2.45, 2.75) is 33.6 Å². The van der Waals surface area contributed by atoms with Gasteiger partial charge in [0.1, 0.15) is 11.6 Å². The number of nitrogen functional groups attached to an aromatic ring is 2. The minimum Gasteiger partial charge on any atom is -0.466 e. The number of halogens is 2. The molecule has 0 aliphatic heterocycles. The van der Waals surface area contributed by atoms with E-state index < -0.39 is 5.91 Å². The summed E-state index contributed by atoms with van der Waals surface area (Å²) in [5, 5.41) is 8.16. The van der Waals surface area contributed by atoms with Crippen LogP contribution >= 0.6 is 31.9 Å². The first-order valence-electron chi connectivity index (χ1n) is 10.0. The number of aromatic nitrogens is 6. The molecule has 0 atom stereocenters. The fourth-order valence-electron chi connectivity index (χ4n) is 3.24. The highest BCUT2D eigenvalue weighted by atomic mass is 79.9. The lowest BCUT2D eigenvalue weighted by Crippen LogP contribution is -2.18. The van der Waals surface area contributed by atoms with E-state index in [1.807, 2.05) is 6.92 Å². The maximum atomic E-state index is 11.5. The molecule has 6 N–H and O–H groups in total. The van der Waals surface area contributed by atoms with E-state index in [0.717, 1.165) is 8.95 Å². The SMILES string of the molecule is CCOC(=O)Cc1c(C)nc2c(Br)cnn2c1N.Cc1nc2c(Br)cnn2c(N)c1CC(N)=O. The summed E-state index contributed by atoms with van der Waals surface area (Å²) in [4.78, 5) is 31.1. The summed E-state index contributed by atoms with van der Waals surface area (Å²) in [5.74, 6) is 0.0464. The summed E-state index contributed by atoms with van der Waals surface area (Å²) in [7, 11) is 0. The Bertz CT molecular complexity index is 1400. The molecule has 4 heterocycles. The Kier molecular flexibility index (Phi) is 7.71. The van der Waals surface area contributed by atoms with Crippen molar-refractivity contribution >= 4 is 66.7 Å².